The van der Waals surface area contributed by atoms with Crippen molar-refractivity contribution in [2.45, 2.75) is 64.7 Å². The van der Waals surface area contributed by atoms with Crippen molar-refractivity contribution < 1.29 is 18.8 Å². The van der Waals surface area contributed by atoms with E-state index < -0.39 is 23.4 Å². The van der Waals surface area contributed by atoms with E-state index in [9.17, 15) is 18.8 Å². The van der Waals surface area contributed by atoms with Gasteiger partial charge in [0.05, 0.1) is 0 Å². The summed E-state index contributed by atoms with van der Waals surface area (Å²) in [5, 5.41) is 0.498. The number of allylic oxidation sites excluding steroid dienone is 1. The number of carbonyl (C=O) groups is 3. The van der Waals surface area contributed by atoms with E-state index in [0.29, 0.717) is 17.0 Å². The van der Waals surface area contributed by atoms with Crippen molar-refractivity contribution in [2.75, 3.05) is 6.54 Å². The second-order valence-corrected chi connectivity index (χ2v) is 8.77. The van der Waals surface area contributed by atoms with Gasteiger partial charge in [-0.3, -0.25) is 19.3 Å². The van der Waals surface area contributed by atoms with E-state index in [0.717, 1.165) is 31.4 Å². The first-order valence-corrected chi connectivity index (χ1v) is 12.4. The first kappa shape index (κ1) is 27.5. The van der Waals surface area contributed by atoms with Crippen molar-refractivity contribution in [2.24, 2.45) is 0 Å². The van der Waals surface area contributed by atoms with E-state index in [1.165, 1.54) is 61.3 Å². The van der Waals surface area contributed by atoms with Gasteiger partial charge in [-0.2, -0.15) is 0 Å². The van der Waals surface area contributed by atoms with Gasteiger partial charge in [-0.1, -0.05) is 69.9 Å². The Balaban J connectivity index is 1.97. The molecule has 6 heteroatoms. The third-order valence-electron chi connectivity index (χ3n) is 5.59. The van der Waals surface area contributed by atoms with Gasteiger partial charge in [-0.05, 0) is 61.0 Å². The maximum Gasteiger partial charge on any atom is 0.260 e. The third-order valence-corrected chi connectivity index (χ3v) is 5.85. The molecule has 0 aliphatic carbocycles. The van der Waals surface area contributed by atoms with Crippen LogP contribution in [0.25, 0.3) is 0 Å². The topological polar surface area (TPSA) is 54.5 Å². The third kappa shape index (κ3) is 9.60. The number of ketones is 1. The number of amides is 2. The van der Waals surface area contributed by atoms with Crippen LogP contribution in [0.4, 0.5) is 4.39 Å². The molecule has 34 heavy (non-hydrogen) atoms. The number of halogens is 2. The van der Waals surface area contributed by atoms with Crippen LogP contribution in [0.3, 0.4) is 0 Å². The first-order valence-electron chi connectivity index (χ1n) is 12.0. The van der Waals surface area contributed by atoms with E-state index >= 15 is 0 Å². The molecule has 0 heterocycles. The predicted molar refractivity (Wildman–Crippen MR) is 135 cm³/mol. The quantitative estimate of drug-likeness (QED) is 0.159. The second kappa shape index (κ2) is 15.2. The molecule has 0 aliphatic rings. The number of hydrogen-bond acceptors (Lipinski definition) is 3. The van der Waals surface area contributed by atoms with Crippen molar-refractivity contribution in [3.8, 4) is 0 Å². The fraction of sp³-hybridized carbons (Fsp3) is 0.393. The Bertz CT molecular complexity index is 955. The standard InChI is InChI=1S/C28H33ClFNO3/c1-2-3-4-5-6-7-8-9-10-21-31(28(34)23-11-15-24(29)16-12-23)27(33)20-19-26(32)22-13-17-25(30)18-14-22/h11-20H,2-10,21H2,1H3/b20-19-. The van der Waals surface area contributed by atoms with Crippen LogP contribution < -0.4 is 0 Å². The van der Waals surface area contributed by atoms with E-state index in [4.69, 9.17) is 11.6 Å². The summed E-state index contributed by atoms with van der Waals surface area (Å²) in [5.74, 6) is -1.87. The average Bonchev–Trinajstić information content (AvgIpc) is 2.84. The van der Waals surface area contributed by atoms with Gasteiger partial charge in [0.1, 0.15) is 5.82 Å². The highest BCUT2D eigenvalue weighted by atomic mass is 35.5. The van der Waals surface area contributed by atoms with E-state index in [-0.39, 0.29) is 12.1 Å². The minimum Gasteiger partial charge on any atom is -0.289 e. The number of carbonyl (C=O) groups excluding carboxylic acids is 3. The molecule has 0 N–H and O–H groups in total. The second-order valence-electron chi connectivity index (χ2n) is 8.33. The summed E-state index contributed by atoms with van der Waals surface area (Å²) in [6.07, 6.45) is 12.3. The molecular formula is C28H33ClFNO3. The monoisotopic (exact) mass is 485 g/mol. The molecule has 0 spiro atoms. The number of benzene rings is 2. The van der Waals surface area contributed by atoms with Crippen molar-refractivity contribution >= 4 is 29.2 Å². The lowest BCUT2D eigenvalue weighted by Gasteiger charge is -2.19. The van der Waals surface area contributed by atoms with Crippen LogP contribution in [0.2, 0.25) is 5.02 Å². The molecular weight excluding hydrogens is 453 g/mol. The molecule has 0 saturated heterocycles. The predicted octanol–water partition coefficient (Wildman–Crippen LogP) is 7.42. The number of imide groups is 1. The molecule has 0 aromatic heterocycles. The van der Waals surface area contributed by atoms with Gasteiger partial charge >= 0.3 is 0 Å². The smallest absolute Gasteiger partial charge is 0.260 e. The van der Waals surface area contributed by atoms with E-state index in [1.807, 2.05) is 0 Å². The molecule has 2 aromatic carbocycles. The first-order chi connectivity index (χ1) is 16.4. The van der Waals surface area contributed by atoms with Crippen LogP contribution in [0.5, 0.6) is 0 Å². The summed E-state index contributed by atoms with van der Waals surface area (Å²) >= 11 is 5.92. The fourth-order valence-electron chi connectivity index (χ4n) is 3.59. The largest absolute Gasteiger partial charge is 0.289 e. The van der Waals surface area contributed by atoms with Crippen LogP contribution >= 0.6 is 11.6 Å². The SMILES string of the molecule is CCCCCCCCCCCN(C(=O)/C=C\C(=O)c1ccc(F)cc1)C(=O)c1ccc(Cl)cc1. The van der Waals surface area contributed by atoms with Crippen molar-refractivity contribution in [1.29, 1.82) is 0 Å². The van der Waals surface area contributed by atoms with Crippen LogP contribution in [0, 0.1) is 5.82 Å². The zero-order chi connectivity index (χ0) is 24.8. The number of nitrogens with zero attached hydrogens (tertiary/aromatic N) is 1. The molecule has 0 saturated carbocycles. The summed E-state index contributed by atoms with van der Waals surface area (Å²) in [4.78, 5) is 39.4. The molecule has 0 aliphatic heterocycles. The lowest BCUT2D eigenvalue weighted by molar-refractivity contribution is -0.123. The highest BCUT2D eigenvalue weighted by Gasteiger charge is 2.21. The molecule has 4 nitrogen and oxygen atoms in total. The van der Waals surface area contributed by atoms with Crippen molar-refractivity contribution in [3.05, 3.63) is 82.6 Å². The van der Waals surface area contributed by atoms with Crippen LogP contribution in [0.15, 0.2) is 60.7 Å². The molecule has 0 atom stereocenters. The fourth-order valence-corrected chi connectivity index (χ4v) is 3.71. The van der Waals surface area contributed by atoms with Gasteiger partial charge in [0, 0.05) is 28.8 Å². The van der Waals surface area contributed by atoms with Crippen LogP contribution in [0.1, 0.15) is 85.4 Å². The maximum atomic E-state index is 13.1. The van der Waals surface area contributed by atoms with E-state index in [1.54, 1.807) is 24.3 Å². The molecule has 0 fully saturated rings. The summed E-state index contributed by atoms with van der Waals surface area (Å²) in [5.41, 5.74) is 0.617. The summed E-state index contributed by atoms with van der Waals surface area (Å²) in [6.45, 7) is 2.47. The van der Waals surface area contributed by atoms with Gasteiger partial charge in [-0.25, -0.2) is 4.39 Å². The van der Waals surface area contributed by atoms with Crippen molar-refractivity contribution in [3.63, 3.8) is 0 Å². The average molecular weight is 486 g/mol. The number of unbranched alkanes of at least 4 members (excludes halogenated alkanes) is 8. The Morgan fingerprint density at radius 2 is 1.29 bits per heavy atom. The van der Waals surface area contributed by atoms with Gasteiger partial charge in [0.2, 0.25) is 0 Å². The van der Waals surface area contributed by atoms with Gasteiger partial charge in [0.15, 0.2) is 5.78 Å². The van der Waals surface area contributed by atoms with Crippen molar-refractivity contribution in [1.82, 2.24) is 4.90 Å². The molecule has 2 amide bonds. The lowest BCUT2D eigenvalue weighted by Crippen LogP contribution is -2.36. The molecule has 2 rings (SSSR count). The van der Waals surface area contributed by atoms with Gasteiger partial charge < -0.3 is 0 Å². The van der Waals surface area contributed by atoms with E-state index in [2.05, 4.69) is 6.92 Å². The van der Waals surface area contributed by atoms with Gasteiger partial charge in [-0.15, -0.1) is 0 Å². The Morgan fingerprint density at radius 1 is 0.765 bits per heavy atom. The number of hydrogen-bond donors (Lipinski definition) is 0. The van der Waals surface area contributed by atoms with Gasteiger partial charge in [0.25, 0.3) is 11.8 Å². The summed E-state index contributed by atoms with van der Waals surface area (Å²) in [7, 11) is 0. The number of rotatable bonds is 14. The molecule has 0 unspecified atom stereocenters. The summed E-state index contributed by atoms with van der Waals surface area (Å²) in [6, 6.07) is 11.4. The highest BCUT2D eigenvalue weighted by molar-refractivity contribution is 6.30. The normalized spacial score (nSPS) is 11.0. The highest BCUT2D eigenvalue weighted by Crippen LogP contribution is 2.15. The minimum absolute atomic E-state index is 0.264. The molecule has 182 valence electrons. The Kier molecular flexibility index (Phi) is 12.3. The molecule has 2 aromatic rings. The Morgan fingerprint density at radius 3 is 1.88 bits per heavy atom. The van der Waals surface area contributed by atoms with Crippen LogP contribution in [-0.2, 0) is 4.79 Å². The molecule has 0 bridgehead atoms. The lowest BCUT2D eigenvalue weighted by atomic mass is 10.1. The Hall–Kier alpha value is -2.79. The maximum absolute atomic E-state index is 13.1. The zero-order valence-electron chi connectivity index (χ0n) is 19.8. The molecule has 0 radical (unpaired) electrons. The summed E-state index contributed by atoms with van der Waals surface area (Å²) < 4.78 is 13.1. The minimum atomic E-state index is -0.560. The van der Waals surface area contributed by atoms with Crippen LogP contribution in [-0.4, -0.2) is 29.0 Å². The zero-order valence-corrected chi connectivity index (χ0v) is 20.5. The Labute approximate surface area is 206 Å².